The minimum Gasteiger partial charge on any atom is -0.509 e. The van der Waals surface area contributed by atoms with Crippen LogP contribution in [-0.4, -0.2) is 24.5 Å². The Balaban J connectivity index is 0.00000608. The van der Waals surface area contributed by atoms with Gasteiger partial charge in [0.2, 0.25) is 0 Å². The quantitative estimate of drug-likeness (QED) is 0.147. The average molecular weight is 1100 g/mol. The summed E-state index contributed by atoms with van der Waals surface area (Å²) in [6, 6.07) is 45.5. The number of nitrogens with zero attached hydrogens (tertiary/aromatic N) is 7. The molecule has 0 aliphatic carbocycles. The van der Waals surface area contributed by atoms with Gasteiger partial charge in [0.1, 0.15) is 5.82 Å². The van der Waals surface area contributed by atoms with Crippen LogP contribution in [-0.2, 0) is 42.7 Å². The first-order valence-electron chi connectivity index (χ1n) is 23.8. The number of para-hydroxylation sites is 1. The summed E-state index contributed by atoms with van der Waals surface area (Å²) in [7, 11) is 0. The van der Waals surface area contributed by atoms with Crippen LogP contribution in [0, 0.1) is 18.8 Å². The van der Waals surface area contributed by atoms with Gasteiger partial charge in [-0.1, -0.05) is 107 Å². The van der Waals surface area contributed by atoms with Crippen molar-refractivity contribution in [2.75, 3.05) is 9.80 Å². The third-order valence-corrected chi connectivity index (χ3v) is 13.2. The van der Waals surface area contributed by atoms with E-state index in [4.69, 9.17) is 19.7 Å². The topological polar surface area (TPSA) is 72.2 Å². The predicted octanol–water partition coefficient (Wildman–Crippen LogP) is 15.7. The number of rotatable bonds is 7. The van der Waals surface area contributed by atoms with Crippen LogP contribution < -0.4 is 14.5 Å². The molecule has 10 rings (SSSR count). The number of fused-ring (bicyclic) bond motifs is 4. The average Bonchev–Trinajstić information content (AvgIpc) is 3.86. The van der Waals surface area contributed by atoms with Gasteiger partial charge in [-0.25, -0.2) is 4.98 Å². The molecule has 0 fully saturated rings. The van der Waals surface area contributed by atoms with E-state index in [0.717, 1.165) is 72.9 Å². The third kappa shape index (κ3) is 9.15. The van der Waals surface area contributed by atoms with Gasteiger partial charge in [0, 0.05) is 91.6 Å². The fourth-order valence-electron chi connectivity index (χ4n) is 9.12. The number of benzene rings is 4. The summed E-state index contributed by atoms with van der Waals surface area (Å²) in [6.45, 7) is 29.1. The molecular weight excluding hydrogens is 1040 g/mol. The number of aromatic nitrogens is 5. The monoisotopic (exact) mass is 1100 g/mol. The molecule has 0 saturated carbocycles. The van der Waals surface area contributed by atoms with Crippen LogP contribution in [0.25, 0.3) is 50.1 Å². The minimum absolute atomic E-state index is 0. The molecule has 0 unspecified atom stereocenters. The van der Waals surface area contributed by atoms with Gasteiger partial charge in [-0.05, 0) is 110 Å². The number of hydrogen-bond acceptors (Lipinski definition) is 7. The molecule has 5 aromatic heterocycles. The summed E-state index contributed by atoms with van der Waals surface area (Å²) < 4.78 is 8.88. The van der Waals surface area contributed by atoms with Gasteiger partial charge in [-0.15, -0.1) is 48.1 Å². The molecule has 6 heterocycles. The number of pyridine rings is 4. The maximum Gasteiger partial charge on any atom is 0.135 e. The molecule has 8 nitrogen and oxygen atoms in total. The van der Waals surface area contributed by atoms with Crippen LogP contribution in [0.3, 0.4) is 0 Å². The Hall–Kier alpha value is -6.63. The van der Waals surface area contributed by atoms with Crippen molar-refractivity contribution in [3.63, 3.8) is 0 Å². The number of hydrogen-bond donors (Lipinski definition) is 0. The zero-order chi connectivity index (χ0) is 48.6. The summed E-state index contributed by atoms with van der Waals surface area (Å²) in [6.07, 6.45) is 9.54. The maximum atomic E-state index is 6.70. The Morgan fingerprint density at radius 1 is 0.500 bits per heavy atom. The van der Waals surface area contributed by atoms with Crippen LogP contribution in [0.2, 0.25) is 0 Å². The van der Waals surface area contributed by atoms with E-state index >= 15 is 0 Å². The predicted molar refractivity (Wildman–Crippen MR) is 283 cm³/mol. The van der Waals surface area contributed by atoms with Crippen LogP contribution in [0.4, 0.5) is 22.7 Å². The molecule has 0 amide bonds. The number of ether oxygens (including phenoxy) is 1. The second-order valence-electron chi connectivity index (χ2n) is 22.3. The van der Waals surface area contributed by atoms with Gasteiger partial charge in [-0.2, -0.15) is 12.1 Å². The van der Waals surface area contributed by atoms with Gasteiger partial charge in [-0.3, -0.25) is 15.0 Å². The zero-order valence-corrected chi connectivity index (χ0v) is 44.5. The zero-order valence-electron chi connectivity index (χ0n) is 42.2. The van der Waals surface area contributed by atoms with Crippen LogP contribution in [0.15, 0.2) is 140 Å². The smallest absolute Gasteiger partial charge is 0.135 e. The summed E-state index contributed by atoms with van der Waals surface area (Å²) in [5.41, 5.74) is 13.8. The van der Waals surface area contributed by atoms with Crippen LogP contribution in [0.5, 0.6) is 11.5 Å². The van der Waals surface area contributed by atoms with Gasteiger partial charge in [0.25, 0.3) is 0 Å². The summed E-state index contributed by atoms with van der Waals surface area (Å²) in [4.78, 5) is 24.2. The minimum atomic E-state index is -0.171. The van der Waals surface area contributed by atoms with Crippen molar-refractivity contribution in [3.8, 4) is 39.8 Å². The second-order valence-corrected chi connectivity index (χ2v) is 22.3. The first-order chi connectivity index (χ1) is 32.7. The molecule has 9 heteroatoms. The van der Waals surface area contributed by atoms with E-state index in [2.05, 4.69) is 212 Å². The van der Waals surface area contributed by atoms with Crippen molar-refractivity contribution < 1.29 is 25.8 Å². The van der Waals surface area contributed by atoms with Crippen molar-refractivity contribution in [1.82, 2.24) is 24.5 Å². The van der Waals surface area contributed by atoms with Gasteiger partial charge in [0.15, 0.2) is 0 Å². The van der Waals surface area contributed by atoms with E-state index in [9.17, 15) is 0 Å². The summed E-state index contributed by atoms with van der Waals surface area (Å²) in [5, 5.41) is 2.20. The first-order valence-corrected chi connectivity index (χ1v) is 23.8. The fourth-order valence-corrected chi connectivity index (χ4v) is 9.12. The Labute approximate surface area is 428 Å². The molecule has 1 aliphatic heterocycles. The Kier molecular flexibility index (Phi) is 12.4. The molecule has 0 radical (unpaired) electrons. The van der Waals surface area contributed by atoms with Gasteiger partial charge < -0.3 is 19.1 Å². The van der Waals surface area contributed by atoms with Crippen LogP contribution in [0.1, 0.15) is 105 Å². The van der Waals surface area contributed by atoms with Crippen molar-refractivity contribution in [2.24, 2.45) is 0 Å². The molecule has 70 heavy (non-hydrogen) atoms. The molecule has 0 spiro atoms. The van der Waals surface area contributed by atoms with E-state index in [1.165, 1.54) is 22.3 Å². The van der Waals surface area contributed by atoms with Crippen molar-refractivity contribution in [3.05, 3.63) is 181 Å². The molecule has 0 atom stereocenters. The van der Waals surface area contributed by atoms with Gasteiger partial charge >= 0.3 is 0 Å². The van der Waals surface area contributed by atoms with E-state index in [-0.39, 0.29) is 42.7 Å². The second kappa shape index (κ2) is 18.0. The molecule has 0 bridgehead atoms. The summed E-state index contributed by atoms with van der Waals surface area (Å²) in [5.74, 6) is 1.97. The van der Waals surface area contributed by atoms with Crippen molar-refractivity contribution >= 4 is 44.6 Å². The summed E-state index contributed by atoms with van der Waals surface area (Å²) >= 11 is 0. The standard InChI is InChI=1S/C61H60N7O.Pt/c1-58(2,3)39-22-27-63-50(32-39)48-30-42(61(10,11)12)31-49(51-33-40(23-28-64-51)59(4,5)6)57(48)67-38-66(55-37-62-26-25-53(55)67)43-16-15-17-44(35-43)69-45-20-21-47-46-18-13-14-19-52(46)68(54(47)36-45)56-34-41(24-29-65-56)60(7,8)9;/h13-34,37-38H,1-12H3;/q-3;. The van der Waals surface area contributed by atoms with E-state index in [1.54, 1.807) is 0 Å². The van der Waals surface area contributed by atoms with Crippen molar-refractivity contribution in [2.45, 2.75) is 105 Å². The Bertz CT molecular complexity index is 3340. The van der Waals surface area contributed by atoms with E-state index in [1.807, 2.05) is 49.2 Å². The fraction of sp³-hybridized carbons (Fsp3) is 0.262. The third-order valence-electron chi connectivity index (χ3n) is 13.2. The van der Waals surface area contributed by atoms with E-state index < -0.39 is 0 Å². The first kappa shape index (κ1) is 48.4. The molecular formula is C61H60N7OPt-3. The molecule has 4 aromatic carbocycles. The molecule has 358 valence electrons. The SMILES string of the molecule is CC(C)(C)c1ccnc(-c2cc(C(C)(C)C)cc(-c3cc(C(C)(C)C)ccn3)c2N2[CH-]N(c3[c-]c(Oc4[c-]c5c(cc4)c4ccccc4n5-c4cc(C(C)(C)C)ccn4)ccc3)c3cnccc32)c1.[Pt]. The molecule has 9 aromatic rings. The molecule has 0 saturated heterocycles. The normalized spacial score (nSPS) is 13.2. The Morgan fingerprint density at radius 2 is 1.09 bits per heavy atom. The largest absolute Gasteiger partial charge is 0.509 e. The molecule has 1 aliphatic rings. The Morgan fingerprint density at radius 3 is 1.71 bits per heavy atom. The van der Waals surface area contributed by atoms with Crippen LogP contribution >= 0.6 is 0 Å². The van der Waals surface area contributed by atoms with Crippen molar-refractivity contribution in [1.29, 1.82) is 0 Å². The van der Waals surface area contributed by atoms with E-state index in [0.29, 0.717) is 11.5 Å². The number of anilines is 4. The van der Waals surface area contributed by atoms with Gasteiger partial charge in [0.05, 0.1) is 17.1 Å². The maximum absolute atomic E-state index is 6.70. The molecule has 0 N–H and O–H groups in total.